The standard InChI is InChI=1S/C34H30N4O6S2/c39-45(40,41)33-23-21-31(37-35-29-17-11-7-12-18-29)25-27(33)15-9-5-3-1-2-4-6-10-16-28-26-32(22-24-34(28)46(42,43)44)38-36-30-19-13-8-14-20-30/h7-8,11-14,17-26H,5-6,9-10,15-16H2,(H,39,40,41)(H,42,43,44). The van der Waals surface area contributed by atoms with Crippen molar-refractivity contribution in [3.8, 4) is 23.7 Å². The Morgan fingerprint density at radius 2 is 0.870 bits per heavy atom. The molecule has 0 atom stereocenters. The van der Waals surface area contributed by atoms with Crippen LogP contribution in [0, 0.1) is 23.7 Å². The largest absolute Gasteiger partial charge is 0.294 e. The van der Waals surface area contributed by atoms with Crippen LogP contribution in [0.4, 0.5) is 22.7 Å². The van der Waals surface area contributed by atoms with E-state index in [0.29, 0.717) is 72.4 Å². The summed E-state index contributed by atoms with van der Waals surface area (Å²) in [6, 6.07) is 26.9. The molecule has 0 heterocycles. The molecule has 0 saturated heterocycles. The molecule has 0 amide bonds. The quantitative estimate of drug-likeness (QED) is 0.0676. The molecule has 12 heteroatoms. The smallest absolute Gasteiger partial charge is 0.282 e. The molecule has 0 aromatic heterocycles. The third-order valence-electron chi connectivity index (χ3n) is 6.45. The number of azo groups is 2. The summed E-state index contributed by atoms with van der Waals surface area (Å²) in [5, 5.41) is 16.6. The Bertz CT molecular complexity index is 1910. The molecule has 0 saturated carbocycles. The van der Waals surface area contributed by atoms with Crippen LogP contribution in [-0.2, 0) is 33.1 Å². The van der Waals surface area contributed by atoms with Gasteiger partial charge in [0, 0.05) is 12.8 Å². The zero-order chi connectivity index (χ0) is 32.8. The molecule has 4 aromatic rings. The second kappa shape index (κ2) is 16.4. The van der Waals surface area contributed by atoms with E-state index < -0.39 is 20.2 Å². The highest BCUT2D eigenvalue weighted by molar-refractivity contribution is 7.86. The Morgan fingerprint density at radius 1 is 0.500 bits per heavy atom. The first-order valence-corrected chi connectivity index (χ1v) is 17.1. The van der Waals surface area contributed by atoms with Crippen LogP contribution in [0.3, 0.4) is 0 Å². The second-order valence-electron chi connectivity index (χ2n) is 9.92. The van der Waals surface area contributed by atoms with Crippen LogP contribution in [0.2, 0.25) is 0 Å². The fourth-order valence-electron chi connectivity index (χ4n) is 4.32. The lowest BCUT2D eigenvalue weighted by Gasteiger charge is -2.07. The molecular formula is C34H30N4O6S2. The predicted molar refractivity (Wildman–Crippen MR) is 175 cm³/mol. The Hall–Kier alpha value is -4.98. The molecule has 2 N–H and O–H groups in total. The minimum Gasteiger partial charge on any atom is -0.282 e. The zero-order valence-electron chi connectivity index (χ0n) is 24.6. The van der Waals surface area contributed by atoms with E-state index in [4.69, 9.17) is 0 Å². The van der Waals surface area contributed by atoms with Crippen molar-refractivity contribution < 1.29 is 25.9 Å². The Kier molecular flexibility index (Phi) is 12.1. The van der Waals surface area contributed by atoms with Gasteiger partial charge in [0.25, 0.3) is 20.2 Å². The van der Waals surface area contributed by atoms with Crippen molar-refractivity contribution in [2.75, 3.05) is 0 Å². The van der Waals surface area contributed by atoms with Gasteiger partial charge in [0.15, 0.2) is 0 Å². The monoisotopic (exact) mass is 654 g/mol. The number of rotatable bonds is 12. The van der Waals surface area contributed by atoms with Gasteiger partial charge >= 0.3 is 0 Å². The zero-order valence-corrected chi connectivity index (χ0v) is 26.2. The van der Waals surface area contributed by atoms with Gasteiger partial charge < -0.3 is 0 Å². The van der Waals surface area contributed by atoms with E-state index in [2.05, 4.69) is 44.1 Å². The molecule has 0 aliphatic rings. The lowest BCUT2D eigenvalue weighted by atomic mass is 10.1. The van der Waals surface area contributed by atoms with E-state index >= 15 is 0 Å². The number of hydrogen-bond donors (Lipinski definition) is 2. The van der Waals surface area contributed by atoms with Crippen LogP contribution in [0.15, 0.2) is 127 Å². The Labute approximate surface area is 268 Å². The van der Waals surface area contributed by atoms with Crippen LogP contribution in [0.1, 0.15) is 36.8 Å². The molecule has 0 bridgehead atoms. The second-order valence-corrected chi connectivity index (χ2v) is 12.7. The molecule has 0 aliphatic carbocycles. The number of hydrogen-bond acceptors (Lipinski definition) is 8. The van der Waals surface area contributed by atoms with Gasteiger partial charge in [-0.05, 0) is 109 Å². The van der Waals surface area contributed by atoms with E-state index in [1.54, 1.807) is 36.4 Å². The van der Waals surface area contributed by atoms with Gasteiger partial charge in [-0.15, -0.1) is 0 Å². The van der Waals surface area contributed by atoms with Crippen LogP contribution in [-0.4, -0.2) is 25.9 Å². The van der Waals surface area contributed by atoms with Gasteiger partial charge in [-0.3, -0.25) is 9.11 Å². The first-order chi connectivity index (χ1) is 22.1. The first-order valence-electron chi connectivity index (χ1n) is 14.2. The van der Waals surface area contributed by atoms with Crippen LogP contribution in [0.5, 0.6) is 0 Å². The summed E-state index contributed by atoms with van der Waals surface area (Å²) in [6.07, 6.45) is 2.60. The predicted octanol–water partition coefficient (Wildman–Crippen LogP) is 8.36. The maximum Gasteiger partial charge on any atom is 0.294 e. The third-order valence-corrected chi connectivity index (χ3v) is 8.36. The summed E-state index contributed by atoms with van der Waals surface area (Å²) >= 11 is 0. The molecular weight excluding hydrogens is 625 g/mol. The molecule has 46 heavy (non-hydrogen) atoms. The molecule has 4 rings (SSSR count). The lowest BCUT2D eigenvalue weighted by Crippen LogP contribution is -2.03. The average Bonchev–Trinajstić information content (AvgIpc) is 3.03. The normalized spacial score (nSPS) is 11.6. The first kappa shape index (κ1) is 33.9. The highest BCUT2D eigenvalue weighted by atomic mass is 32.2. The van der Waals surface area contributed by atoms with Crippen molar-refractivity contribution in [1.82, 2.24) is 0 Å². The number of nitrogens with zero attached hydrogens (tertiary/aromatic N) is 4. The van der Waals surface area contributed by atoms with Crippen molar-refractivity contribution >= 4 is 43.0 Å². The summed E-state index contributed by atoms with van der Waals surface area (Å²) in [5.74, 6) is 11.4. The summed E-state index contributed by atoms with van der Waals surface area (Å²) in [6.45, 7) is 0. The highest BCUT2D eigenvalue weighted by Crippen LogP contribution is 2.27. The van der Waals surface area contributed by atoms with E-state index in [9.17, 15) is 25.9 Å². The van der Waals surface area contributed by atoms with Crippen molar-refractivity contribution in [3.05, 3.63) is 108 Å². The minimum atomic E-state index is -4.41. The summed E-state index contributed by atoms with van der Waals surface area (Å²) in [5.41, 5.74) is 3.03. The van der Waals surface area contributed by atoms with E-state index in [1.807, 2.05) is 36.4 Å². The summed E-state index contributed by atoms with van der Waals surface area (Å²) in [4.78, 5) is -0.360. The van der Waals surface area contributed by atoms with Gasteiger partial charge in [0.1, 0.15) is 0 Å². The molecule has 0 unspecified atom stereocenters. The van der Waals surface area contributed by atoms with E-state index in [1.165, 1.54) is 24.3 Å². The van der Waals surface area contributed by atoms with E-state index in [0.717, 1.165) is 0 Å². The fraction of sp³-hybridized carbons (Fsp3) is 0.176. The number of unbranched alkanes of at least 4 members (excludes halogenated alkanes) is 2. The minimum absolute atomic E-state index is 0.180. The van der Waals surface area contributed by atoms with Crippen LogP contribution >= 0.6 is 0 Å². The fourth-order valence-corrected chi connectivity index (χ4v) is 5.78. The van der Waals surface area contributed by atoms with Crippen molar-refractivity contribution in [1.29, 1.82) is 0 Å². The number of benzene rings is 4. The van der Waals surface area contributed by atoms with Crippen LogP contribution in [0.25, 0.3) is 0 Å². The molecule has 0 spiro atoms. The Balaban J connectivity index is 1.30. The van der Waals surface area contributed by atoms with Crippen LogP contribution < -0.4 is 0 Å². The Morgan fingerprint density at radius 3 is 1.24 bits per heavy atom. The highest BCUT2D eigenvalue weighted by Gasteiger charge is 2.17. The molecule has 4 aromatic carbocycles. The average molecular weight is 655 g/mol. The van der Waals surface area contributed by atoms with Crippen molar-refractivity contribution in [2.45, 2.75) is 48.3 Å². The molecule has 10 nitrogen and oxygen atoms in total. The summed E-state index contributed by atoms with van der Waals surface area (Å²) < 4.78 is 66.7. The molecule has 0 fully saturated rings. The van der Waals surface area contributed by atoms with Gasteiger partial charge in [-0.1, -0.05) is 48.2 Å². The molecule has 234 valence electrons. The molecule has 0 radical (unpaired) electrons. The topological polar surface area (TPSA) is 158 Å². The van der Waals surface area contributed by atoms with Gasteiger partial charge in [-0.25, -0.2) is 0 Å². The third kappa shape index (κ3) is 10.9. The van der Waals surface area contributed by atoms with Crippen molar-refractivity contribution in [2.24, 2.45) is 20.5 Å². The maximum atomic E-state index is 11.9. The van der Waals surface area contributed by atoms with Gasteiger partial charge in [0.2, 0.25) is 0 Å². The number of aryl methyl sites for hydroxylation is 2. The maximum absolute atomic E-state index is 11.9. The van der Waals surface area contributed by atoms with Crippen molar-refractivity contribution in [3.63, 3.8) is 0 Å². The van der Waals surface area contributed by atoms with Gasteiger partial charge in [0.05, 0.1) is 32.5 Å². The lowest BCUT2D eigenvalue weighted by molar-refractivity contribution is 0.479. The van der Waals surface area contributed by atoms with E-state index in [-0.39, 0.29) is 9.79 Å². The van der Waals surface area contributed by atoms with Gasteiger partial charge in [-0.2, -0.15) is 37.3 Å². The molecule has 0 aliphatic heterocycles. The SMILES string of the molecule is O=S(=O)(O)c1ccc(N=Nc2ccccc2)cc1CCCC#CC#CCCCc1cc(N=Nc2ccccc2)ccc1S(=O)(=O)O. The summed E-state index contributed by atoms with van der Waals surface area (Å²) in [7, 11) is -8.83.